The summed E-state index contributed by atoms with van der Waals surface area (Å²) in [5.41, 5.74) is 2.89. The van der Waals surface area contributed by atoms with E-state index < -0.39 is 0 Å². The highest BCUT2D eigenvalue weighted by atomic mass is 16.1. The summed E-state index contributed by atoms with van der Waals surface area (Å²) in [5, 5.41) is 6.23. The molecule has 0 radical (unpaired) electrons. The van der Waals surface area contributed by atoms with Crippen molar-refractivity contribution in [3.8, 4) is 0 Å². The number of carbonyl (C=O) groups excluding carboxylic acids is 1. The van der Waals surface area contributed by atoms with Crippen molar-refractivity contribution in [1.82, 2.24) is 10.3 Å². The molecular formula is C19H25N3O. The zero-order chi connectivity index (χ0) is 16.5. The van der Waals surface area contributed by atoms with Crippen LogP contribution in [0.3, 0.4) is 0 Å². The Labute approximate surface area is 138 Å². The number of nitrogens with one attached hydrogen (secondary N) is 2. The summed E-state index contributed by atoms with van der Waals surface area (Å²) in [7, 11) is 0. The Morgan fingerprint density at radius 1 is 1.09 bits per heavy atom. The van der Waals surface area contributed by atoms with Gasteiger partial charge in [0.25, 0.3) is 5.91 Å². The third-order valence-electron chi connectivity index (χ3n) is 3.75. The fourth-order valence-corrected chi connectivity index (χ4v) is 2.37. The fourth-order valence-electron chi connectivity index (χ4n) is 2.37. The Hall–Kier alpha value is -2.36. The molecule has 0 aliphatic heterocycles. The Bertz CT molecular complexity index is 623. The first-order chi connectivity index (χ1) is 11.2. The number of anilines is 2. The first-order valence-electron chi connectivity index (χ1n) is 8.33. The number of nitrogens with zero attached hydrogens (tertiary/aromatic N) is 1. The molecule has 1 amide bonds. The molecule has 2 N–H and O–H groups in total. The summed E-state index contributed by atoms with van der Waals surface area (Å²) in [6.45, 7) is 4.99. The molecule has 2 aromatic rings. The summed E-state index contributed by atoms with van der Waals surface area (Å²) in [6, 6.07) is 11.8. The van der Waals surface area contributed by atoms with Gasteiger partial charge in [0.2, 0.25) is 0 Å². The maximum Gasteiger partial charge on any atom is 0.252 e. The third-order valence-corrected chi connectivity index (χ3v) is 3.75. The van der Waals surface area contributed by atoms with Gasteiger partial charge in [0.05, 0.1) is 5.56 Å². The number of aryl methyl sites for hydroxylation is 1. The van der Waals surface area contributed by atoms with Crippen LogP contribution in [0.4, 0.5) is 11.5 Å². The van der Waals surface area contributed by atoms with Gasteiger partial charge in [0.1, 0.15) is 5.82 Å². The Morgan fingerprint density at radius 3 is 2.61 bits per heavy atom. The van der Waals surface area contributed by atoms with E-state index >= 15 is 0 Å². The van der Waals surface area contributed by atoms with Crippen molar-refractivity contribution < 1.29 is 4.79 Å². The van der Waals surface area contributed by atoms with E-state index in [1.54, 1.807) is 12.3 Å². The van der Waals surface area contributed by atoms with Crippen molar-refractivity contribution in [2.75, 3.05) is 11.9 Å². The molecule has 1 aromatic carbocycles. The fraction of sp³-hybridized carbons (Fsp3) is 0.368. The van der Waals surface area contributed by atoms with Crippen LogP contribution in [-0.4, -0.2) is 17.4 Å². The molecule has 1 aromatic heterocycles. The zero-order valence-corrected chi connectivity index (χ0v) is 13.9. The van der Waals surface area contributed by atoms with Crippen LogP contribution in [0.5, 0.6) is 0 Å². The van der Waals surface area contributed by atoms with Crippen LogP contribution in [0.25, 0.3) is 0 Å². The van der Waals surface area contributed by atoms with Crippen LogP contribution in [0, 0.1) is 0 Å². The number of rotatable bonds is 8. The molecule has 0 atom stereocenters. The molecule has 0 saturated heterocycles. The lowest BCUT2D eigenvalue weighted by atomic mass is 10.1. The predicted octanol–water partition coefficient (Wildman–Crippen LogP) is 4.31. The van der Waals surface area contributed by atoms with Gasteiger partial charge < -0.3 is 10.6 Å². The van der Waals surface area contributed by atoms with Crippen molar-refractivity contribution in [1.29, 1.82) is 0 Å². The van der Waals surface area contributed by atoms with Crippen molar-refractivity contribution in [2.24, 2.45) is 0 Å². The monoisotopic (exact) mass is 311 g/mol. The van der Waals surface area contributed by atoms with E-state index in [1.807, 2.05) is 24.3 Å². The van der Waals surface area contributed by atoms with E-state index in [0.29, 0.717) is 5.56 Å². The van der Waals surface area contributed by atoms with Gasteiger partial charge in [0, 0.05) is 18.4 Å². The van der Waals surface area contributed by atoms with Crippen LogP contribution in [0.2, 0.25) is 0 Å². The SMILES string of the molecule is CCCCCNC(=O)c1ccc(Nc2ccccc2CC)nc1. The van der Waals surface area contributed by atoms with Crippen molar-refractivity contribution >= 4 is 17.4 Å². The van der Waals surface area contributed by atoms with E-state index in [1.165, 1.54) is 5.56 Å². The Kier molecular flexibility index (Phi) is 6.60. The lowest BCUT2D eigenvalue weighted by Gasteiger charge is -2.10. The van der Waals surface area contributed by atoms with Gasteiger partial charge >= 0.3 is 0 Å². The molecule has 4 heteroatoms. The van der Waals surface area contributed by atoms with Gasteiger partial charge in [-0.2, -0.15) is 0 Å². The first-order valence-corrected chi connectivity index (χ1v) is 8.33. The van der Waals surface area contributed by atoms with Gasteiger partial charge in [-0.05, 0) is 36.6 Å². The van der Waals surface area contributed by atoms with E-state index in [0.717, 1.165) is 43.7 Å². The van der Waals surface area contributed by atoms with Gasteiger partial charge in [-0.15, -0.1) is 0 Å². The number of pyridine rings is 1. The molecule has 0 aliphatic rings. The Balaban J connectivity index is 1.95. The van der Waals surface area contributed by atoms with Crippen molar-refractivity contribution in [3.05, 3.63) is 53.7 Å². The number of amides is 1. The van der Waals surface area contributed by atoms with Gasteiger partial charge in [-0.25, -0.2) is 4.98 Å². The standard InChI is InChI=1S/C19H25N3O/c1-3-5-8-13-20-19(23)16-11-12-18(21-14-16)22-17-10-7-6-9-15(17)4-2/h6-7,9-12,14H,3-5,8,13H2,1-2H3,(H,20,23)(H,21,22). The predicted molar refractivity (Wildman–Crippen MR) is 95.2 cm³/mol. The second-order valence-corrected chi connectivity index (χ2v) is 5.53. The average Bonchev–Trinajstić information content (AvgIpc) is 2.59. The summed E-state index contributed by atoms with van der Waals surface area (Å²) < 4.78 is 0. The summed E-state index contributed by atoms with van der Waals surface area (Å²) in [4.78, 5) is 16.3. The molecule has 23 heavy (non-hydrogen) atoms. The highest BCUT2D eigenvalue weighted by Crippen LogP contribution is 2.20. The zero-order valence-electron chi connectivity index (χ0n) is 13.9. The molecule has 4 nitrogen and oxygen atoms in total. The third kappa shape index (κ3) is 5.09. The van der Waals surface area contributed by atoms with Crippen LogP contribution in [-0.2, 0) is 6.42 Å². The second kappa shape index (κ2) is 8.93. The van der Waals surface area contributed by atoms with E-state index in [-0.39, 0.29) is 5.91 Å². The minimum absolute atomic E-state index is 0.0610. The second-order valence-electron chi connectivity index (χ2n) is 5.53. The summed E-state index contributed by atoms with van der Waals surface area (Å²) >= 11 is 0. The molecule has 0 aliphatic carbocycles. The molecule has 122 valence electrons. The van der Waals surface area contributed by atoms with Crippen molar-refractivity contribution in [2.45, 2.75) is 39.5 Å². The van der Waals surface area contributed by atoms with Crippen LogP contribution >= 0.6 is 0 Å². The van der Waals surface area contributed by atoms with Crippen molar-refractivity contribution in [3.63, 3.8) is 0 Å². The number of unbranched alkanes of at least 4 members (excludes halogenated alkanes) is 2. The number of aromatic nitrogens is 1. The number of hydrogen-bond donors (Lipinski definition) is 2. The van der Waals surface area contributed by atoms with E-state index in [4.69, 9.17) is 0 Å². The molecule has 0 spiro atoms. The molecule has 0 saturated carbocycles. The minimum Gasteiger partial charge on any atom is -0.352 e. The lowest BCUT2D eigenvalue weighted by Crippen LogP contribution is -2.24. The largest absolute Gasteiger partial charge is 0.352 e. The summed E-state index contributed by atoms with van der Waals surface area (Å²) in [6.07, 6.45) is 5.88. The maximum atomic E-state index is 12.0. The summed E-state index contributed by atoms with van der Waals surface area (Å²) in [5.74, 6) is 0.683. The minimum atomic E-state index is -0.0610. The molecule has 0 bridgehead atoms. The number of para-hydroxylation sites is 1. The van der Waals surface area contributed by atoms with Gasteiger partial charge in [0.15, 0.2) is 0 Å². The number of benzene rings is 1. The van der Waals surface area contributed by atoms with Crippen LogP contribution in [0.15, 0.2) is 42.6 Å². The highest BCUT2D eigenvalue weighted by Gasteiger charge is 2.06. The molecule has 0 unspecified atom stereocenters. The quantitative estimate of drug-likeness (QED) is 0.714. The van der Waals surface area contributed by atoms with Crippen LogP contribution in [0.1, 0.15) is 49.0 Å². The van der Waals surface area contributed by atoms with E-state index in [2.05, 4.69) is 35.5 Å². The molecule has 2 rings (SSSR count). The van der Waals surface area contributed by atoms with Gasteiger partial charge in [-0.1, -0.05) is 44.9 Å². The molecular weight excluding hydrogens is 286 g/mol. The van der Waals surface area contributed by atoms with E-state index in [9.17, 15) is 4.79 Å². The molecule has 1 heterocycles. The number of carbonyl (C=O) groups is 1. The van der Waals surface area contributed by atoms with Gasteiger partial charge in [-0.3, -0.25) is 4.79 Å². The highest BCUT2D eigenvalue weighted by molar-refractivity contribution is 5.94. The average molecular weight is 311 g/mol. The molecule has 0 fully saturated rings. The number of hydrogen-bond acceptors (Lipinski definition) is 3. The maximum absolute atomic E-state index is 12.0. The first kappa shape index (κ1) is 17.0. The smallest absolute Gasteiger partial charge is 0.252 e. The Morgan fingerprint density at radius 2 is 1.91 bits per heavy atom. The van der Waals surface area contributed by atoms with Crippen LogP contribution < -0.4 is 10.6 Å². The lowest BCUT2D eigenvalue weighted by molar-refractivity contribution is 0.0952. The topological polar surface area (TPSA) is 54.0 Å². The normalized spacial score (nSPS) is 10.3.